The molecule has 0 saturated carbocycles. The lowest BCUT2D eigenvalue weighted by Gasteiger charge is -2.41. The van der Waals surface area contributed by atoms with E-state index < -0.39 is 0 Å². The van der Waals surface area contributed by atoms with Gasteiger partial charge in [0.15, 0.2) is 16.1 Å². The second kappa shape index (κ2) is 9.97. The predicted molar refractivity (Wildman–Crippen MR) is 121 cm³/mol. The second-order valence-corrected chi connectivity index (χ2v) is 9.02. The number of likely N-dealkylation sites (N-methyl/N-ethyl adjacent to an activating group) is 1. The Bertz CT molecular complexity index is 943. The van der Waals surface area contributed by atoms with Gasteiger partial charge in [0.25, 0.3) is 5.91 Å². The van der Waals surface area contributed by atoms with Gasteiger partial charge >= 0.3 is 5.97 Å². The third-order valence-electron chi connectivity index (χ3n) is 5.38. The van der Waals surface area contributed by atoms with Gasteiger partial charge in [-0.2, -0.15) is 0 Å². The van der Waals surface area contributed by atoms with Crippen LogP contribution in [-0.4, -0.2) is 77.6 Å². The largest absolute Gasteiger partial charge is 0.462 e. The molecule has 170 valence electrons. The molecule has 1 aliphatic heterocycles. The monoisotopic (exact) mass is 468 g/mol. The minimum atomic E-state index is -0.335. The van der Waals surface area contributed by atoms with E-state index in [1.807, 2.05) is 27.9 Å². The van der Waals surface area contributed by atoms with E-state index in [0.29, 0.717) is 41.8 Å². The molecule has 0 radical (unpaired) electrons. The van der Waals surface area contributed by atoms with Crippen LogP contribution in [0.4, 0.5) is 5.13 Å². The van der Waals surface area contributed by atoms with Crippen LogP contribution < -0.4 is 10.2 Å². The predicted octanol–water partition coefficient (Wildman–Crippen LogP) is 2.51. The van der Waals surface area contributed by atoms with Crippen molar-refractivity contribution in [1.82, 2.24) is 25.2 Å². The first-order chi connectivity index (χ1) is 14.7. The Hall–Kier alpha value is -2.17. The number of esters is 1. The van der Waals surface area contributed by atoms with Crippen LogP contribution in [0.5, 0.6) is 0 Å². The number of piperidine rings is 1. The van der Waals surface area contributed by atoms with Crippen molar-refractivity contribution in [3.8, 4) is 0 Å². The number of H-pyrrole nitrogens is 1. The average molecular weight is 469 g/mol. The molecule has 2 aromatic rings. The Labute approximate surface area is 191 Å². The van der Waals surface area contributed by atoms with Crippen molar-refractivity contribution in [3.05, 3.63) is 27.2 Å². The van der Waals surface area contributed by atoms with Crippen molar-refractivity contribution in [2.75, 3.05) is 38.7 Å². The number of amides is 1. The molecule has 0 aromatic carbocycles. The molecule has 2 N–H and O–H groups in total. The second-order valence-electron chi connectivity index (χ2n) is 7.69. The summed E-state index contributed by atoms with van der Waals surface area (Å²) in [6, 6.07) is 0.00215. The maximum absolute atomic E-state index is 12.7. The number of aryl methyl sites for hydroxylation is 2. The molecule has 2 aromatic heterocycles. The standard InChI is InChI=1S/C20H29ClN6O3S/c1-6-12-16(21)25-17(23-12)18(28)24-13-8-9-27(10-14(13)26(4)5)20-22-11(3)15(31-20)19(29)30-7-2/h13-14H,6-10H2,1-5H3,(H,23,25)(H,24,28)/t13-,14+/m0/s1. The van der Waals surface area contributed by atoms with Crippen molar-refractivity contribution >= 4 is 39.9 Å². The van der Waals surface area contributed by atoms with E-state index in [1.54, 1.807) is 6.92 Å². The SMILES string of the molecule is CCOC(=O)c1sc(N2CC[C@H](NC(=O)c3nc(Cl)c(CC)[nH]3)[C@H](N(C)C)C2)nc1C. The first kappa shape index (κ1) is 23.5. The zero-order chi connectivity index (χ0) is 22.7. The summed E-state index contributed by atoms with van der Waals surface area (Å²) in [6.45, 7) is 7.28. The third-order valence-corrected chi connectivity index (χ3v) is 6.89. The number of imidazole rings is 1. The van der Waals surface area contributed by atoms with Gasteiger partial charge in [-0.3, -0.25) is 4.79 Å². The quantitative estimate of drug-likeness (QED) is 0.601. The first-order valence-corrected chi connectivity index (χ1v) is 11.6. The lowest BCUT2D eigenvalue weighted by Crippen LogP contribution is -2.59. The molecule has 0 aliphatic carbocycles. The molecule has 1 fully saturated rings. The lowest BCUT2D eigenvalue weighted by molar-refractivity contribution is 0.0531. The van der Waals surface area contributed by atoms with E-state index in [-0.39, 0.29) is 29.8 Å². The van der Waals surface area contributed by atoms with Gasteiger partial charge in [-0.05, 0) is 40.8 Å². The minimum Gasteiger partial charge on any atom is -0.462 e. The fourth-order valence-corrected chi connectivity index (χ4v) is 4.93. The maximum Gasteiger partial charge on any atom is 0.350 e. The molecular weight excluding hydrogens is 440 g/mol. The van der Waals surface area contributed by atoms with Crippen LogP contribution in [-0.2, 0) is 11.2 Å². The number of aromatic amines is 1. The first-order valence-electron chi connectivity index (χ1n) is 10.4. The number of nitrogens with zero attached hydrogens (tertiary/aromatic N) is 4. The number of anilines is 1. The highest BCUT2D eigenvalue weighted by atomic mass is 35.5. The summed E-state index contributed by atoms with van der Waals surface area (Å²) < 4.78 is 5.13. The summed E-state index contributed by atoms with van der Waals surface area (Å²) in [5.74, 6) is -0.364. The van der Waals surface area contributed by atoms with Crippen molar-refractivity contribution in [2.45, 2.75) is 45.7 Å². The molecule has 31 heavy (non-hydrogen) atoms. The van der Waals surface area contributed by atoms with Gasteiger partial charge in [0.05, 0.1) is 18.0 Å². The number of hydrogen-bond acceptors (Lipinski definition) is 8. The van der Waals surface area contributed by atoms with E-state index in [9.17, 15) is 9.59 Å². The van der Waals surface area contributed by atoms with Gasteiger partial charge in [-0.15, -0.1) is 0 Å². The molecule has 1 amide bonds. The number of aromatic nitrogens is 3. The summed E-state index contributed by atoms with van der Waals surface area (Å²) in [7, 11) is 3.98. The summed E-state index contributed by atoms with van der Waals surface area (Å²) >= 11 is 7.43. The van der Waals surface area contributed by atoms with Crippen LogP contribution in [0, 0.1) is 6.92 Å². The molecule has 1 aliphatic rings. The zero-order valence-corrected chi connectivity index (χ0v) is 20.1. The van der Waals surface area contributed by atoms with Crippen molar-refractivity contribution in [2.24, 2.45) is 0 Å². The van der Waals surface area contributed by atoms with Crippen LogP contribution in [0.2, 0.25) is 5.15 Å². The third kappa shape index (κ3) is 5.19. The highest BCUT2D eigenvalue weighted by Crippen LogP contribution is 2.30. The fraction of sp³-hybridized carbons (Fsp3) is 0.600. The Morgan fingerprint density at radius 1 is 1.35 bits per heavy atom. The van der Waals surface area contributed by atoms with Gasteiger partial charge in [0.1, 0.15) is 4.88 Å². The van der Waals surface area contributed by atoms with Crippen LogP contribution in [0.3, 0.4) is 0 Å². The number of rotatable bonds is 7. The number of carbonyl (C=O) groups is 2. The zero-order valence-electron chi connectivity index (χ0n) is 18.5. The Balaban J connectivity index is 1.71. The molecule has 11 heteroatoms. The molecule has 9 nitrogen and oxygen atoms in total. The lowest BCUT2D eigenvalue weighted by atomic mass is 9.98. The molecule has 0 spiro atoms. The van der Waals surface area contributed by atoms with Gasteiger partial charge < -0.3 is 24.8 Å². The fourth-order valence-electron chi connectivity index (χ4n) is 3.67. The van der Waals surface area contributed by atoms with E-state index in [1.165, 1.54) is 11.3 Å². The number of nitrogens with one attached hydrogen (secondary N) is 2. The van der Waals surface area contributed by atoms with Crippen molar-refractivity contribution < 1.29 is 14.3 Å². The molecule has 3 rings (SSSR count). The summed E-state index contributed by atoms with van der Waals surface area (Å²) in [4.78, 5) is 41.4. The van der Waals surface area contributed by atoms with Gasteiger partial charge in [0, 0.05) is 25.2 Å². The summed E-state index contributed by atoms with van der Waals surface area (Å²) in [5.41, 5.74) is 1.43. The normalized spacial score (nSPS) is 19.0. The van der Waals surface area contributed by atoms with Crippen molar-refractivity contribution in [1.29, 1.82) is 0 Å². The van der Waals surface area contributed by atoms with E-state index >= 15 is 0 Å². The highest BCUT2D eigenvalue weighted by Gasteiger charge is 2.34. The van der Waals surface area contributed by atoms with Gasteiger partial charge in [0.2, 0.25) is 0 Å². The molecule has 2 atom stereocenters. The average Bonchev–Trinajstić information content (AvgIpc) is 3.30. The van der Waals surface area contributed by atoms with Crippen LogP contribution in [0.15, 0.2) is 0 Å². The van der Waals surface area contributed by atoms with Crippen molar-refractivity contribution in [3.63, 3.8) is 0 Å². The Morgan fingerprint density at radius 3 is 2.71 bits per heavy atom. The molecule has 1 saturated heterocycles. The van der Waals surface area contributed by atoms with E-state index in [4.69, 9.17) is 16.3 Å². The van der Waals surface area contributed by atoms with Gasteiger partial charge in [-0.25, -0.2) is 14.8 Å². The van der Waals surface area contributed by atoms with Crippen LogP contribution >= 0.6 is 22.9 Å². The minimum absolute atomic E-state index is 0.0571. The molecular formula is C20H29ClN6O3S. The topological polar surface area (TPSA) is 103 Å². The van der Waals surface area contributed by atoms with Crippen LogP contribution in [0.25, 0.3) is 0 Å². The number of thiazole rings is 1. The number of ether oxygens (including phenoxy) is 1. The van der Waals surface area contributed by atoms with E-state index in [2.05, 4.69) is 30.1 Å². The smallest absolute Gasteiger partial charge is 0.350 e. The Kier molecular flexibility index (Phi) is 7.55. The van der Waals surface area contributed by atoms with E-state index in [0.717, 1.165) is 17.2 Å². The molecule has 3 heterocycles. The molecule has 0 bridgehead atoms. The summed E-state index contributed by atoms with van der Waals surface area (Å²) in [6.07, 6.45) is 1.41. The maximum atomic E-state index is 12.7. The molecule has 0 unspecified atom stereocenters. The Morgan fingerprint density at radius 2 is 2.10 bits per heavy atom. The number of halogens is 1. The summed E-state index contributed by atoms with van der Waals surface area (Å²) in [5, 5.41) is 4.23. The number of carbonyl (C=O) groups excluding carboxylic acids is 2. The van der Waals surface area contributed by atoms with Gasteiger partial charge in [-0.1, -0.05) is 29.9 Å². The highest BCUT2D eigenvalue weighted by molar-refractivity contribution is 7.17. The number of hydrogen-bond donors (Lipinski definition) is 2. The van der Waals surface area contributed by atoms with Crippen LogP contribution in [0.1, 0.15) is 51.9 Å².